The first-order valence-corrected chi connectivity index (χ1v) is 9.49. The second-order valence-electron chi connectivity index (χ2n) is 6.03. The van der Waals surface area contributed by atoms with Crippen molar-refractivity contribution in [3.63, 3.8) is 0 Å². The first kappa shape index (κ1) is 18.2. The third-order valence-corrected chi connectivity index (χ3v) is 5.12. The molecule has 0 saturated carbocycles. The van der Waals surface area contributed by atoms with E-state index in [9.17, 15) is 4.79 Å². The van der Waals surface area contributed by atoms with E-state index in [2.05, 4.69) is 27.6 Å². The van der Waals surface area contributed by atoms with Gasteiger partial charge in [-0.3, -0.25) is 4.79 Å². The Kier molecular flexibility index (Phi) is 6.07. The highest BCUT2D eigenvalue weighted by Crippen LogP contribution is 2.18. The molecule has 1 unspecified atom stereocenters. The first-order valence-electron chi connectivity index (χ1n) is 8.44. The van der Waals surface area contributed by atoms with Crippen molar-refractivity contribution in [3.05, 3.63) is 71.6 Å². The SMILES string of the molecule is Cc1ccc(-c2noc(CNC(=O)C(C)SCc3ccccc3)n2)cc1. The summed E-state index contributed by atoms with van der Waals surface area (Å²) in [5.74, 6) is 1.68. The summed E-state index contributed by atoms with van der Waals surface area (Å²) in [4.78, 5) is 16.6. The number of carbonyl (C=O) groups is 1. The van der Waals surface area contributed by atoms with Gasteiger partial charge in [-0.2, -0.15) is 4.98 Å². The van der Waals surface area contributed by atoms with Crippen LogP contribution in [0.1, 0.15) is 23.9 Å². The molecule has 3 aromatic rings. The fourth-order valence-electron chi connectivity index (χ4n) is 2.32. The molecule has 1 atom stereocenters. The van der Waals surface area contributed by atoms with Crippen molar-refractivity contribution < 1.29 is 9.32 Å². The summed E-state index contributed by atoms with van der Waals surface area (Å²) in [6.07, 6.45) is 0. The number of hydrogen-bond acceptors (Lipinski definition) is 5. The zero-order valence-electron chi connectivity index (χ0n) is 14.8. The number of nitrogens with one attached hydrogen (secondary N) is 1. The minimum atomic E-state index is -0.158. The number of amides is 1. The van der Waals surface area contributed by atoms with Crippen LogP contribution in [0.4, 0.5) is 0 Å². The van der Waals surface area contributed by atoms with Crippen LogP contribution in [0.25, 0.3) is 11.4 Å². The molecule has 0 bridgehead atoms. The van der Waals surface area contributed by atoms with Gasteiger partial charge in [0.05, 0.1) is 11.8 Å². The Morgan fingerprint density at radius 3 is 2.62 bits per heavy atom. The first-order chi connectivity index (χ1) is 12.6. The molecule has 0 aliphatic carbocycles. The van der Waals surface area contributed by atoms with Crippen LogP contribution >= 0.6 is 11.8 Å². The van der Waals surface area contributed by atoms with Gasteiger partial charge in [-0.1, -0.05) is 65.3 Å². The number of nitrogens with zero attached hydrogens (tertiary/aromatic N) is 2. The largest absolute Gasteiger partial charge is 0.346 e. The van der Waals surface area contributed by atoms with Gasteiger partial charge in [0, 0.05) is 11.3 Å². The highest BCUT2D eigenvalue weighted by atomic mass is 32.2. The quantitative estimate of drug-likeness (QED) is 0.684. The number of aryl methyl sites for hydroxylation is 1. The zero-order valence-corrected chi connectivity index (χ0v) is 15.6. The number of rotatable bonds is 7. The monoisotopic (exact) mass is 367 g/mol. The Labute approximate surface area is 157 Å². The van der Waals surface area contributed by atoms with Crippen molar-refractivity contribution >= 4 is 17.7 Å². The molecule has 1 heterocycles. The molecule has 26 heavy (non-hydrogen) atoms. The van der Waals surface area contributed by atoms with Crippen molar-refractivity contribution in [2.45, 2.75) is 31.4 Å². The van der Waals surface area contributed by atoms with E-state index < -0.39 is 0 Å². The molecule has 5 nitrogen and oxygen atoms in total. The Hall–Kier alpha value is -2.60. The molecule has 2 aromatic carbocycles. The van der Waals surface area contributed by atoms with Gasteiger partial charge >= 0.3 is 0 Å². The molecule has 0 fully saturated rings. The van der Waals surface area contributed by atoms with E-state index in [1.165, 1.54) is 11.1 Å². The molecular weight excluding hydrogens is 346 g/mol. The Bertz CT molecular complexity index is 847. The van der Waals surface area contributed by atoms with E-state index in [0.717, 1.165) is 11.3 Å². The lowest BCUT2D eigenvalue weighted by molar-refractivity contribution is -0.120. The zero-order chi connectivity index (χ0) is 18.4. The van der Waals surface area contributed by atoms with Gasteiger partial charge in [0.2, 0.25) is 17.6 Å². The summed E-state index contributed by atoms with van der Waals surface area (Å²) in [5.41, 5.74) is 3.27. The fourth-order valence-corrected chi connectivity index (χ4v) is 3.19. The van der Waals surface area contributed by atoms with Gasteiger partial charge < -0.3 is 9.84 Å². The topological polar surface area (TPSA) is 68.0 Å². The van der Waals surface area contributed by atoms with Crippen LogP contribution in [0.5, 0.6) is 0 Å². The second-order valence-corrected chi connectivity index (χ2v) is 7.36. The van der Waals surface area contributed by atoms with Crippen molar-refractivity contribution in [3.8, 4) is 11.4 Å². The number of benzene rings is 2. The van der Waals surface area contributed by atoms with Gasteiger partial charge in [0.15, 0.2) is 0 Å². The van der Waals surface area contributed by atoms with Crippen LogP contribution in [0.3, 0.4) is 0 Å². The molecule has 1 N–H and O–H groups in total. The second kappa shape index (κ2) is 8.67. The van der Waals surface area contributed by atoms with E-state index >= 15 is 0 Å². The third kappa shape index (κ3) is 4.95. The van der Waals surface area contributed by atoms with Crippen molar-refractivity contribution in [2.75, 3.05) is 0 Å². The van der Waals surface area contributed by atoms with Crippen molar-refractivity contribution in [1.29, 1.82) is 0 Å². The van der Waals surface area contributed by atoms with Crippen LogP contribution in [0.2, 0.25) is 0 Å². The molecule has 1 aromatic heterocycles. The maximum Gasteiger partial charge on any atom is 0.246 e. The van der Waals surface area contributed by atoms with Gasteiger partial charge in [-0.25, -0.2) is 0 Å². The molecule has 0 spiro atoms. The summed E-state index contributed by atoms with van der Waals surface area (Å²) < 4.78 is 5.23. The lowest BCUT2D eigenvalue weighted by Gasteiger charge is -2.10. The van der Waals surface area contributed by atoms with Gasteiger partial charge in [-0.15, -0.1) is 11.8 Å². The van der Waals surface area contributed by atoms with Crippen molar-refractivity contribution in [2.24, 2.45) is 0 Å². The molecule has 0 aliphatic heterocycles. The standard InChI is InChI=1S/C20H21N3O2S/c1-14-8-10-17(11-9-14)19-22-18(25-23-19)12-21-20(24)15(2)26-13-16-6-4-3-5-7-16/h3-11,15H,12-13H2,1-2H3,(H,21,24). The summed E-state index contributed by atoms with van der Waals surface area (Å²) in [6, 6.07) is 18.0. The van der Waals surface area contributed by atoms with E-state index in [1.807, 2.05) is 56.3 Å². The molecule has 1 amide bonds. The predicted octanol–water partition coefficient (Wildman–Crippen LogP) is 3.98. The smallest absolute Gasteiger partial charge is 0.246 e. The van der Waals surface area contributed by atoms with Crippen LogP contribution in [0, 0.1) is 6.92 Å². The third-order valence-electron chi connectivity index (χ3n) is 3.90. The minimum Gasteiger partial charge on any atom is -0.346 e. The summed E-state index contributed by atoms with van der Waals surface area (Å²) in [5, 5.41) is 6.67. The molecule has 0 saturated heterocycles. The van der Waals surface area contributed by atoms with Crippen LogP contribution in [-0.2, 0) is 17.1 Å². The number of thioether (sulfide) groups is 1. The van der Waals surface area contributed by atoms with Gasteiger partial charge in [0.25, 0.3) is 0 Å². The molecule has 3 rings (SSSR count). The minimum absolute atomic E-state index is 0.0407. The highest BCUT2D eigenvalue weighted by Gasteiger charge is 2.15. The summed E-state index contributed by atoms with van der Waals surface area (Å²) in [6.45, 7) is 4.15. The predicted molar refractivity (Wildman–Crippen MR) is 104 cm³/mol. The molecule has 0 aliphatic rings. The summed E-state index contributed by atoms with van der Waals surface area (Å²) in [7, 11) is 0. The Morgan fingerprint density at radius 2 is 1.88 bits per heavy atom. The maximum absolute atomic E-state index is 12.2. The van der Waals surface area contributed by atoms with Crippen LogP contribution < -0.4 is 5.32 Å². The lowest BCUT2D eigenvalue weighted by Crippen LogP contribution is -2.30. The van der Waals surface area contributed by atoms with Crippen molar-refractivity contribution in [1.82, 2.24) is 15.5 Å². The molecule has 134 valence electrons. The average Bonchev–Trinajstić information content (AvgIpc) is 3.14. The van der Waals surface area contributed by atoms with E-state index in [0.29, 0.717) is 11.7 Å². The molecule has 6 heteroatoms. The maximum atomic E-state index is 12.2. The highest BCUT2D eigenvalue weighted by molar-refractivity contribution is 7.99. The number of aromatic nitrogens is 2. The van der Waals surface area contributed by atoms with E-state index in [-0.39, 0.29) is 17.7 Å². The normalized spacial score (nSPS) is 11.9. The van der Waals surface area contributed by atoms with Gasteiger partial charge in [-0.05, 0) is 19.4 Å². The summed E-state index contributed by atoms with van der Waals surface area (Å²) >= 11 is 1.60. The molecule has 0 radical (unpaired) electrons. The van der Waals surface area contributed by atoms with E-state index in [1.54, 1.807) is 11.8 Å². The lowest BCUT2D eigenvalue weighted by atomic mass is 10.1. The number of carbonyl (C=O) groups excluding carboxylic acids is 1. The Balaban J connectivity index is 1.49. The van der Waals surface area contributed by atoms with Crippen LogP contribution in [-0.4, -0.2) is 21.3 Å². The van der Waals surface area contributed by atoms with Crippen LogP contribution in [0.15, 0.2) is 59.1 Å². The molecular formula is C20H21N3O2S. The fraction of sp³-hybridized carbons (Fsp3) is 0.250. The Morgan fingerprint density at radius 1 is 1.15 bits per heavy atom. The van der Waals surface area contributed by atoms with Gasteiger partial charge in [0.1, 0.15) is 0 Å². The number of hydrogen-bond donors (Lipinski definition) is 1. The average molecular weight is 367 g/mol. The van der Waals surface area contributed by atoms with E-state index in [4.69, 9.17) is 4.52 Å².